The van der Waals surface area contributed by atoms with Gasteiger partial charge in [0.2, 0.25) is 0 Å². The summed E-state index contributed by atoms with van der Waals surface area (Å²) >= 11 is 5.81. The van der Waals surface area contributed by atoms with Gasteiger partial charge in [0.15, 0.2) is 0 Å². The Balaban J connectivity index is 2.28. The van der Waals surface area contributed by atoms with Crippen LogP contribution in [0.25, 0.3) is 0 Å². The van der Waals surface area contributed by atoms with Crippen molar-refractivity contribution in [2.45, 2.75) is 0 Å². The Labute approximate surface area is 108 Å². The fourth-order valence-corrected chi connectivity index (χ4v) is 1.49. The van der Waals surface area contributed by atoms with Gasteiger partial charge in [-0.3, -0.25) is 9.78 Å². The number of carbonyl (C=O) groups is 1. The molecule has 0 saturated carbocycles. The molecular formula is C12H7ClN4O. The smallest absolute Gasteiger partial charge is 0.275 e. The number of nitriles is 1. The largest absolute Gasteiger partial charge is 0.319 e. The lowest BCUT2D eigenvalue weighted by atomic mass is 10.2. The minimum absolute atomic E-state index is 0.168. The molecule has 0 aliphatic carbocycles. The fraction of sp³-hybridized carbons (Fsp3) is 0. The second-order valence-electron chi connectivity index (χ2n) is 3.35. The summed E-state index contributed by atoms with van der Waals surface area (Å²) in [5.41, 5.74) is 0.846. The summed E-state index contributed by atoms with van der Waals surface area (Å²) in [5.74, 6) is -0.443. The third-order valence-electron chi connectivity index (χ3n) is 2.15. The zero-order valence-corrected chi connectivity index (χ0v) is 9.85. The molecule has 1 aromatic heterocycles. The molecule has 0 atom stereocenters. The van der Waals surface area contributed by atoms with Gasteiger partial charge in [-0.05, 0) is 18.2 Å². The first-order valence-corrected chi connectivity index (χ1v) is 5.35. The maximum absolute atomic E-state index is 11.8. The maximum Gasteiger partial charge on any atom is 0.275 e. The van der Waals surface area contributed by atoms with Crippen LogP contribution in [-0.4, -0.2) is 15.9 Å². The SMILES string of the molecule is N#Cc1ccc(Cl)cc1NC(=O)c1cnccn1. The van der Waals surface area contributed by atoms with E-state index in [0.29, 0.717) is 16.3 Å². The normalized spacial score (nSPS) is 9.56. The van der Waals surface area contributed by atoms with Crippen LogP contribution in [-0.2, 0) is 0 Å². The number of rotatable bonds is 2. The fourth-order valence-electron chi connectivity index (χ4n) is 1.32. The maximum atomic E-state index is 11.8. The van der Waals surface area contributed by atoms with Gasteiger partial charge in [0, 0.05) is 17.4 Å². The number of benzene rings is 1. The van der Waals surface area contributed by atoms with E-state index in [4.69, 9.17) is 16.9 Å². The molecule has 5 nitrogen and oxygen atoms in total. The summed E-state index contributed by atoms with van der Waals surface area (Å²) in [6.45, 7) is 0. The Hall–Kier alpha value is -2.45. The molecule has 2 rings (SSSR count). The van der Waals surface area contributed by atoms with Crippen LogP contribution in [0, 0.1) is 11.3 Å². The zero-order valence-electron chi connectivity index (χ0n) is 9.09. The van der Waals surface area contributed by atoms with E-state index in [0.717, 1.165) is 0 Å². The highest BCUT2D eigenvalue weighted by Gasteiger charge is 2.10. The number of amides is 1. The van der Waals surface area contributed by atoms with Crippen LogP contribution in [0.2, 0.25) is 5.02 Å². The molecule has 0 saturated heterocycles. The molecule has 1 aromatic carbocycles. The molecule has 1 N–H and O–H groups in total. The second-order valence-corrected chi connectivity index (χ2v) is 3.78. The third-order valence-corrected chi connectivity index (χ3v) is 2.38. The lowest BCUT2D eigenvalue weighted by Crippen LogP contribution is -2.14. The number of nitrogens with one attached hydrogen (secondary N) is 1. The van der Waals surface area contributed by atoms with Crippen LogP contribution >= 0.6 is 11.6 Å². The topological polar surface area (TPSA) is 78.7 Å². The molecule has 0 fully saturated rings. The van der Waals surface area contributed by atoms with E-state index in [-0.39, 0.29) is 5.69 Å². The quantitative estimate of drug-likeness (QED) is 0.896. The number of aromatic nitrogens is 2. The van der Waals surface area contributed by atoms with Crippen LogP contribution in [0.4, 0.5) is 5.69 Å². The van der Waals surface area contributed by atoms with Crippen LogP contribution in [0.5, 0.6) is 0 Å². The highest BCUT2D eigenvalue weighted by atomic mass is 35.5. The molecule has 0 spiro atoms. The van der Waals surface area contributed by atoms with Gasteiger partial charge < -0.3 is 5.32 Å². The van der Waals surface area contributed by atoms with Crippen molar-refractivity contribution in [3.63, 3.8) is 0 Å². The Morgan fingerprint density at radius 1 is 1.39 bits per heavy atom. The Morgan fingerprint density at radius 3 is 2.89 bits per heavy atom. The van der Waals surface area contributed by atoms with Crippen molar-refractivity contribution in [2.24, 2.45) is 0 Å². The number of carbonyl (C=O) groups excluding carboxylic acids is 1. The summed E-state index contributed by atoms with van der Waals surface area (Å²) in [7, 11) is 0. The van der Waals surface area contributed by atoms with E-state index in [2.05, 4.69) is 15.3 Å². The molecule has 2 aromatic rings. The summed E-state index contributed by atoms with van der Waals surface area (Å²) < 4.78 is 0. The molecule has 6 heteroatoms. The Bertz CT molecular complexity index is 622. The van der Waals surface area contributed by atoms with E-state index in [1.54, 1.807) is 6.07 Å². The predicted octanol–water partition coefficient (Wildman–Crippen LogP) is 2.25. The van der Waals surface area contributed by atoms with Crippen LogP contribution in [0.1, 0.15) is 16.1 Å². The summed E-state index contributed by atoms with van der Waals surface area (Å²) in [6.07, 6.45) is 4.22. The van der Waals surface area contributed by atoms with Crippen molar-refractivity contribution in [1.29, 1.82) is 5.26 Å². The second kappa shape index (κ2) is 5.25. The minimum Gasteiger partial charge on any atom is -0.319 e. The van der Waals surface area contributed by atoms with E-state index < -0.39 is 5.91 Å². The van der Waals surface area contributed by atoms with Gasteiger partial charge in [-0.1, -0.05) is 11.6 Å². The van der Waals surface area contributed by atoms with Crippen molar-refractivity contribution >= 4 is 23.2 Å². The molecule has 88 valence electrons. The average molecular weight is 259 g/mol. The van der Waals surface area contributed by atoms with E-state index in [1.807, 2.05) is 6.07 Å². The lowest BCUT2D eigenvalue weighted by Gasteiger charge is -2.06. The van der Waals surface area contributed by atoms with Gasteiger partial charge in [0.05, 0.1) is 17.4 Å². The van der Waals surface area contributed by atoms with Crippen molar-refractivity contribution < 1.29 is 4.79 Å². The predicted molar refractivity (Wildman–Crippen MR) is 66.2 cm³/mol. The molecule has 0 aliphatic heterocycles. The van der Waals surface area contributed by atoms with Crippen molar-refractivity contribution in [2.75, 3.05) is 5.32 Å². The summed E-state index contributed by atoms with van der Waals surface area (Å²) in [6, 6.07) is 6.60. The standard InChI is InChI=1S/C12H7ClN4O/c13-9-2-1-8(6-14)10(5-9)17-12(18)11-7-15-3-4-16-11/h1-5,7H,(H,17,18). The summed E-state index contributed by atoms with van der Waals surface area (Å²) in [4.78, 5) is 19.5. The van der Waals surface area contributed by atoms with Crippen molar-refractivity contribution in [3.05, 3.63) is 53.1 Å². The van der Waals surface area contributed by atoms with Gasteiger partial charge in [0.1, 0.15) is 11.8 Å². The molecule has 0 radical (unpaired) electrons. The van der Waals surface area contributed by atoms with E-state index in [1.165, 1.54) is 30.7 Å². The minimum atomic E-state index is -0.443. The molecular weight excluding hydrogens is 252 g/mol. The van der Waals surface area contributed by atoms with Gasteiger partial charge in [-0.2, -0.15) is 5.26 Å². The number of hydrogen-bond donors (Lipinski definition) is 1. The van der Waals surface area contributed by atoms with E-state index >= 15 is 0 Å². The molecule has 18 heavy (non-hydrogen) atoms. The molecule has 0 bridgehead atoms. The Morgan fingerprint density at radius 2 is 2.22 bits per heavy atom. The first-order valence-electron chi connectivity index (χ1n) is 4.97. The molecule has 0 aliphatic rings. The first kappa shape index (κ1) is 12.0. The highest BCUT2D eigenvalue weighted by Crippen LogP contribution is 2.20. The van der Waals surface area contributed by atoms with Crippen molar-refractivity contribution in [3.8, 4) is 6.07 Å². The van der Waals surface area contributed by atoms with Crippen LogP contribution < -0.4 is 5.32 Å². The summed E-state index contributed by atoms with van der Waals surface area (Å²) in [5, 5.41) is 11.9. The number of hydrogen-bond acceptors (Lipinski definition) is 4. The van der Waals surface area contributed by atoms with Gasteiger partial charge in [-0.25, -0.2) is 4.98 Å². The van der Waals surface area contributed by atoms with Crippen molar-refractivity contribution in [1.82, 2.24) is 9.97 Å². The van der Waals surface area contributed by atoms with Gasteiger partial charge in [-0.15, -0.1) is 0 Å². The Kier molecular flexibility index (Phi) is 3.51. The average Bonchev–Trinajstić information content (AvgIpc) is 2.40. The third kappa shape index (κ3) is 2.62. The zero-order chi connectivity index (χ0) is 13.0. The van der Waals surface area contributed by atoms with Crippen LogP contribution in [0.3, 0.4) is 0 Å². The first-order chi connectivity index (χ1) is 8.70. The van der Waals surface area contributed by atoms with Gasteiger partial charge in [0.25, 0.3) is 5.91 Å². The molecule has 1 amide bonds. The van der Waals surface area contributed by atoms with Gasteiger partial charge >= 0.3 is 0 Å². The monoisotopic (exact) mass is 258 g/mol. The molecule has 1 heterocycles. The van der Waals surface area contributed by atoms with E-state index in [9.17, 15) is 4.79 Å². The highest BCUT2D eigenvalue weighted by molar-refractivity contribution is 6.31. The lowest BCUT2D eigenvalue weighted by molar-refractivity contribution is 0.102. The number of anilines is 1. The number of halogens is 1. The van der Waals surface area contributed by atoms with Crippen LogP contribution in [0.15, 0.2) is 36.8 Å². The number of nitrogens with zero attached hydrogens (tertiary/aromatic N) is 3. The molecule has 0 unspecified atom stereocenters.